The molecule has 0 aromatic rings. The highest BCUT2D eigenvalue weighted by molar-refractivity contribution is 5.78. The molecule has 0 bridgehead atoms. The molecule has 0 radical (unpaired) electrons. The van der Waals surface area contributed by atoms with Crippen molar-refractivity contribution in [2.24, 2.45) is 0 Å². The molecule has 1 fully saturated rings. The molecule has 0 saturated heterocycles. The number of carboxylic acid groups (broad SMARTS) is 1. The number of quaternary nitrogens is 1. The van der Waals surface area contributed by atoms with Crippen LogP contribution in [0.25, 0.3) is 0 Å². The van der Waals surface area contributed by atoms with Crippen LogP contribution in [-0.4, -0.2) is 32.8 Å². The van der Waals surface area contributed by atoms with Gasteiger partial charge in [-0.25, -0.2) is 4.79 Å². The summed E-state index contributed by atoms with van der Waals surface area (Å²) in [5.41, 5.74) is 1.78. The van der Waals surface area contributed by atoms with Gasteiger partial charge in [0.1, 0.15) is 0 Å². The van der Waals surface area contributed by atoms with Gasteiger partial charge in [0.05, 0.1) is 5.60 Å². The van der Waals surface area contributed by atoms with E-state index in [1.54, 1.807) is 6.92 Å². The summed E-state index contributed by atoms with van der Waals surface area (Å²) in [6.45, 7) is 1.62. The number of halogens is 1. The van der Waals surface area contributed by atoms with Crippen molar-refractivity contribution in [2.75, 3.05) is 0 Å². The maximum absolute atomic E-state index is 10.4. The predicted octanol–water partition coefficient (Wildman–Crippen LogP) is -5.22. The summed E-state index contributed by atoms with van der Waals surface area (Å²) >= 11 is 0. The molecule has 0 amide bonds. The first kappa shape index (κ1) is 14.2. The van der Waals surface area contributed by atoms with E-state index < -0.39 is 17.1 Å². The second-order valence-electron chi connectivity index (χ2n) is 3.44. The van der Waals surface area contributed by atoms with Gasteiger partial charge >= 0.3 is 5.97 Å². The molecule has 1 rings (SSSR count). The van der Waals surface area contributed by atoms with Crippen LogP contribution in [0.1, 0.15) is 19.8 Å². The fraction of sp³-hybridized carbons (Fsp3) is 0.833. The van der Waals surface area contributed by atoms with Gasteiger partial charge in [0.25, 0.3) is 0 Å². The minimum atomic E-state index is -0.927. The summed E-state index contributed by atoms with van der Waals surface area (Å²) in [5.74, 6) is -0.918. The summed E-state index contributed by atoms with van der Waals surface area (Å²) in [4.78, 5) is 10.4. The van der Waals surface area contributed by atoms with Gasteiger partial charge in [0.15, 0.2) is 5.54 Å². The largest absolute Gasteiger partial charge is 1.00 e. The molecule has 7 N–H and O–H groups in total. The molecule has 5 nitrogen and oxygen atoms in total. The third-order valence-electron chi connectivity index (χ3n) is 1.89. The van der Waals surface area contributed by atoms with E-state index in [1.165, 1.54) is 0 Å². The van der Waals surface area contributed by atoms with Crippen molar-refractivity contribution in [1.82, 2.24) is 0 Å². The lowest BCUT2D eigenvalue weighted by molar-refractivity contribution is -0.500. The lowest BCUT2D eigenvalue weighted by Crippen LogP contribution is -3.00. The number of rotatable bonds is 1. The molecule has 0 aliphatic heterocycles. The Bertz CT molecular complexity index is 174. The summed E-state index contributed by atoms with van der Waals surface area (Å²) < 4.78 is 0. The number of carboxylic acids is 1. The number of hydrogen-bond donors (Lipinski definition) is 3. The topological polar surface area (TPSA) is 117 Å². The molecule has 6 heteroatoms. The van der Waals surface area contributed by atoms with Gasteiger partial charge in [-0.1, -0.05) is 0 Å². The molecular weight excluding hydrogens is 186 g/mol. The quantitative estimate of drug-likeness (QED) is 0.392. The summed E-state index contributed by atoms with van der Waals surface area (Å²) in [7, 11) is 0. The number of carbonyl (C=O) groups is 1. The zero-order valence-electron chi connectivity index (χ0n) is 6.80. The monoisotopic (exact) mass is 199 g/mol. The van der Waals surface area contributed by atoms with Gasteiger partial charge in [-0.15, -0.1) is 0 Å². The van der Waals surface area contributed by atoms with E-state index in [-0.39, 0.29) is 30.7 Å². The molecule has 74 valence electrons. The van der Waals surface area contributed by atoms with E-state index in [0.717, 1.165) is 0 Å². The molecule has 0 atom stereocenters. The minimum absolute atomic E-state index is 0. The number of aliphatic hydroxyl groups is 1. The second-order valence-corrected chi connectivity index (χ2v) is 3.44. The average molecular weight is 200 g/mol. The van der Waals surface area contributed by atoms with Crippen molar-refractivity contribution < 1.29 is 38.6 Å². The van der Waals surface area contributed by atoms with Crippen LogP contribution in [0.2, 0.25) is 0 Å². The lowest BCUT2D eigenvalue weighted by atomic mass is 9.66. The van der Waals surface area contributed by atoms with Crippen LogP contribution >= 0.6 is 0 Å². The Balaban J connectivity index is 0. The van der Waals surface area contributed by atoms with Gasteiger partial charge in [-0.05, 0) is 6.92 Å². The first-order valence-corrected chi connectivity index (χ1v) is 3.17. The van der Waals surface area contributed by atoms with Crippen LogP contribution in [0.4, 0.5) is 0 Å². The van der Waals surface area contributed by atoms with Crippen molar-refractivity contribution in [3.05, 3.63) is 0 Å². The van der Waals surface area contributed by atoms with E-state index in [9.17, 15) is 9.90 Å². The molecule has 0 spiro atoms. The van der Waals surface area contributed by atoms with Gasteiger partial charge in [0, 0.05) is 12.8 Å². The molecule has 1 saturated carbocycles. The zero-order chi connectivity index (χ0) is 7.99. The summed E-state index contributed by atoms with van der Waals surface area (Å²) in [5, 5.41) is 17.7. The highest BCUT2D eigenvalue weighted by Gasteiger charge is 2.57. The standard InChI is InChI=1S/C6H11NO3.ClH.H2O/c1-5(10)2-6(7,3-5)4(8)9;;/h10H,2-3,7H2,1H3,(H,8,9);1H;1H2. The molecular formula is C6H14ClNO4. The molecule has 1 aliphatic carbocycles. The van der Waals surface area contributed by atoms with Crippen LogP contribution in [0.3, 0.4) is 0 Å². The van der Waals surface area contributed by atoms with Gasteiger partial charge in [-0.2, -0.15) is 0 Å². The van der Waals surface area contributed by atoms with E-state index in [1.807, 2.05) is 0 Å². The van der Waals surface area contributed by atoms with Crippen molar-refractivity contribution in [3.8, 4) is 0 Å². The van der Waals surface area contributed by atoms with Crippen LogP contribution in [-0.2, 0) is 4.79 Å². The van der Waals surface area contributed by atoms with Crippen LogP contribution in [0.15, 0.2) is 0 Å². The average Bonchev–Trinajstić information content (AvgIpc) is 1.59. The van der Waals surface area contributed by atoms with Gasteiger partial charge < -0.3 is 33.8 Å². The number of hydrogen-bond acceptors (Lipinski definition) is 2. The second kappa shape index (κ2) is 3.57. The molecule has 12 heavy (non-hydrogen) atoms. The lowest BCUT2D eigenvalue weighted by Gasteiger charge is -2.42. The Labute approximate surface area is 76.3 Å². The third-order valence-corrected chi connectivity index (χ3v) is 1.89. The minimum Gasteiger partial charge on any atom is -1.00 e. The Hall–Kier alpha value is -0.360. The Morgan fingerprint density at radius 3 is 1.92 bits per heavy atom. The zero-order valence-corrected chi connectivity index (χ0v) is 7.56. The first-order valence-electron chi connectivity index (χ1n) is 3.17. The smallest absolute Gasteiger partial charge is 0.365 e. The summed E-state index contributed by atoms with van der Waals surface area (Å²) in [6.07, 6.45) is 0.519. The van der Waals surface area contributed by atoms with Gasteiger partial charge in [-0.3, -0.25) is 0 Å². The van der Waals surface area contributed by atoms with Crippen LogP contribution in [0.5, 0.6) is 0 Å². The Kier molecular flexibility index (Phi) is 4.22. The SMILES string of the molecule is CC1(O)CC([NH3+])(C(=O)O)C1.O.[Cl-]. The predicted molar refractivity (Wildman–Crippen MR) is 36.7 cm³/mol. The third kappa shape index (κ3) is 2.31. The molecule has 0 heterocycles. The highest BCUT2D eigenvalue weighted by Crippen LogP contribution is 2.37. The van der Waals surface area contributed by atoms with Crippen molar-refractivity contribution in [1.29, 1.82) is 0 Å². The maximum atomic E-state index is 10.4. The van der Waals surface area contributed by atoms with E-state index in [4.69, 9.17) is 5.11 Å². The molecule has 1 aliphatic rings. The van der Waals surface area contributed by atoms with Crippen LogP contribution < -0.4 is 18.1 Å². The van der Waals surface area contributed by atoms with Crippen molar-refractivity contribution in [2.45, 2.75) is 30.9 Å². The number of aliphatic carboxylic acids is 1. The first-order chi connectivity index (χ1) is 4.36. The molecule has 0 aromatic heterocycles. The molecule has 0 unspecified atom stereocenters. The van der Waals surface area contributed by atoms with Crippen molar-refractivity contribution >= 4 is 5.97 Å². The van der Waals surface area contributed by atoms with Crippen LogP contribution in [0, 0.1) is 0 Å². The molecule has 0 aromatic carbocycles. The van der Waals surface area contributed by atoms with Gasteiger partial charge in [0.2, 0.25) is 0 Å². The Morgan fingerprint density at radius 1 is 1.50 bits per heavy atom. The van der Waals surface area contributed by atoms with E-state index >= 15 is 0 Å². The fourth-order valence-corrected chi connectivity index (χ4v) is 1.56. The maximum Gasteiger partial charge on any atom is 0.365 e. The normalized spacial score (nSPS) is 38.6. The summed E-state index contributed by atoms with van der Waals surface area (Å²) in [6, 6.07) is 0. The van der Waals surface area contributed by atoms with Crippen molar-refractivity contribution in [3.63, 3.8) is 0 Å². The Morgan fingerprint density at radius 2 is 1.83 bits per heavy atom. The fourth-order valence-electron chi connectivity index (χ4n) is 1.56. The highest BCUT2D eigenvalue weighted by atomic mass is 35.5. The van der Waals surface area contributed by atoms with E-state index in [2.05, 4.69) is 5.73 Å². The van der Waals surface area contributed by atoms with E-state index in [0.29, 0.717) is 0 Å².